The van der Waals surface area contributed by atoms with Crippen LogP contribution in [-0.2, 0) is 0 Å². The van der Waals surface area contributed by atoms with Crippen molar-refractivity contribution >= 4 is 0 Å². The molecule has 1 aromatic heterocycles. The topological polar surface area (TPSA) is 53.1 Å². The molecule has 6 heteroatoms. The number of pyridine rings is 1. The van der Waals surface area contributed by atoms with Crippen molar-refractivity contribution in [2.45, 2.75) is 6.43 Å². The second-order valence-electron chi connectivity index (χ2n) is 2.04. The first-order chi connectivity index (χ1) is 5.52. The van der Waals surface area contributed by atoms with E-state index in [9.17, 15) is 18.0 Å². The molecule has 0 aliphatic heterocycles. The summed E-state index contributed by atoms with van der Waals surface area (Å²) >= 11 is 0. The first kappa shape index (κ1) is 8.63. The number of nitrogens with one attached hydrogen (secondary N) is 1. The van der Waals surface area contributed by atoms with E-state index in [4.69, 9.17) is 5.11 Å². The van der Waals surface area contributed by atoms with Gasteiger partial charge >= 0.3 is 0 Å². The first-order valence-electron chi connectivity index (χ1n) is 2.92. The minimum atomic E-state index is -3.10. The summed E-state index contributed by atoms with van der Waals surface area (Å²) in [7, 11) is 0. The van der Waals surface area contributed by atoms with Gasteiger partial charge in [0.2, 0.25) is 0 Å². The van der Waals surface area contributed by atoms with Gasteiger partial charge in [0.05, 0.1) is 0 Å². The van der Waals surface area contributed by atoms with E-state index >= 15 is 0 Å². The minimum Gasteiger partial charge on any atom is -0.503 e. The molecule has 0 fully saturated rings. The van der Waals surface area contributed by atoms with Crippen LogP contribution in [0, 0.1) is 5.82 Å². The third-order valence-electron chi connectivity index (χ3n) is 1.22. The van der Waals surface area contributed by atoms with Gasteiger partial charge in [-0.25, -0.2) is 13.2 Å². The molecular formula is C6H4F3NO2. The van der Waals surface area contributed by atoms with E-state index in [1.165, 1.54) is 0 Å². The maximum atomic E-state index is 12.4. The average molecular weight is 179 g/mol. The van der Waals surface area contributed by atoms with Crippen molar-refractivity contribution in [3.05, 3.63) is 27.9 Å². The second-order valence-corrected chi connectivity index (χ2v) is 2.04. The molecule has 0 bridgehead atoms. The number of H-pyrrole nitrogens is 1. The highest BCUT2D eigenvalue weighted by Gasteiger charge is 2.17. The molecule has 0 atom stereocenters. The normalized spacial score (nSPS) is 10.7. The number of hydrogen-bond acceptors (Lipinski definition) is 2. The molecule has 1 rings (SSSR count). The van der Waals surface area contributed by atoms with Gasteiger partial charge in [-0.3, -0.25) is 4.79 Å². The van der Waals surface area contributed by atoms with Gasteiger partial charge in [-0.15, -0.1) is 0 Å². The summed E-state index contributed by atoms with van der Waals surface area (Å²) in [6, 6.07) is 0.390. The van der Waals surface area contributed by atoms with E-state index in [-0.39, 0.29) is 0 Å². The van der Waals surface area contributed by atoms with Crippen LogP contribution in [0.5, 0.6) is 5.75 Å². The van der Waals surface area contributed by atoms with Crippen LogP contribution in [0.3, 0.4) is 0 Å². The minimum absolute atomic E-state index is 0.390. The molecule has 0 aliphatic carbocycles. The van der Waals surface area contributed by atoms with E-state index in [2.05, 4.69) is 0 Å². The fourth-order valence-electron chi connectivity index (χ4n) is 0.698. The quantitative estimate of drug-likeness (QED) is 0.679. The van der Waals surface area contributed by atoms with Crippen LogP contribution in [0.15, 0.2) is 10.9 Å². The van der Waals surface area contributed by atoms with Crippen LogP contribution in [0.2, 0.25) is 0 Å². The van der Waals surface area contributed by atoms with Crippen LogP contribution in [-0.4, -0.2) is 10.1 Å². The molecule has 12 heavy (non-hydrogen) atoms. The zero-order chi connectivity index (χ0) is 9.30. The van der Waals surface area contributed by atoms with Gasteiger partial charge in [-0.1, -0.05) is 0 Å². The molecule has 1 aromatic rings. The van der Waals surface area contributed by atoms with Gasteiger partial charge in [0.1, 0.15) is 5.69 Å². The Morgan fingerprint density at radius 1 is 1.50 bits per heavy atom. The SMILES string of the molecule is O=c1cc(F)c(O)c(C(F)F)[nH]1. The molecule has 0 amide bonds. The molecule has 0 aliphatic rings. The van der Waals surface area contributed by atoms with Crippen molar-refractivity contribution in [1.29, 1.82) is 0 Å². The number of hydrogen-bond donors (Lipinski definition) is 2. The predicted molar refractivity (Wildman–Crippen MR) is 33.6 cm³/mol. The highest BCUT2D eigenvalue weighted by Crippen LogP contribution is 2.26. The summed E-state index contributed by atoms with van der Waals surface area (Å²) in [5.74, 6) is -2.57. The fourth-order valence-corrected chi connectivity index (χ4v) is 0.698. The zero-order valence-corrected chi connectivity index (χ0v) is 5.64. The Balaban J connectivity index is 3.38. The van der Waals surface area contributed by atoms with Gasteiger partial charge in [0, 0.05) is 6.07 Å². The van der Waals surface area contributed by atoms with E-state index in [0.29, 0.717) is 6.07 Å². The highest BCUT2D eigenvalue weighted by molar-refractivity contribution is 5.27. The van der Waals surface area contributed by atoms with Crippen molar-refractivity contribution in [1.82, 2.24) is 4.98 Å². The van der Waals surface area contributed by atoms with Crippen LogP contribution in [0.25, 0.3) is 0 Å². The average Bonchev–Trinajstić information content (AvgIpc) is 1.96. The van der Waals surface area contributed by atoms with E-state index < -0.39 is 29.2 Å². The third kappa shape index (κ3) is 1.41. The van der Waals surface area contributed by atoms with Gasteiger partial charge in [0.15, 0.2) is 11.6 Å². The molecule has 0 unspecified atom stereocenters. The summed E-state index contributed by atoms with van der Waals surface area (Å²) < 4.78 is 36.2. The molecule has 66 valence electrons. The highest BCUT2D eigenvalue weighted by atomic mass is 19.3. The molecule has 0 radical (unpaired) electrons. The maximum absolute atomic E-state index is 12.4. The number of aromatic hydroxyl groups is 1. The Morgan fingerprint density at radius 2 is 2.08 bits per heavy atom. The van der Waals surface area contributed by atoms with Gasteiger partial charge < -0.3 is 10.1 Å². The lowest BCUT2D eigenvalue weighted by molar-refractivity contribution is 0.140. The van der Waals surface area contributed by atoms with Crippen molar-refractivity contribution < 1.29 is 18.3 Å². The van der Waals surface area contributed by atoms with E-state index in [1.807, 2.05) is 0 Å². The Labute approximate surface area is 64.5 Å². The monoisotopic (exact) mass is 179 g/mol. The molecular weight excluding hydrogens is 175 g/mol. The summed E-state index contributed by atoms with van der Waals surface area (Å²) in [5, 5.41) is 8.67. The number of aromatic nitrogens is 1. The number of halogens is 3. The summed E-state index contributed by atoms with van der Waals surface area (Å²) in [5.41, 5.74) is -2.11. The standard InChI is InChI=1S/C6H4F3NO2/c7-2-1-3(11)10-4(5(2)12)6(8)9/h1,6,12H,(H,10,11). The molecule has 0 aromatic carbocycles. The largest absolute Gasteiger partial charge is 0.503 e. The molecule has 0 saturated heterocycles. The zero-order valence-electron chi connectivity index (χ0n) is 5.64. The lowest BCUT2D eigenvalue weighted by Crippen LogP contribution is -2.09. The Bertz CT molecular complexity index is 347. The summed E-state index contributed by atoms with van der Waals surface area (Å²) in [6.07, 6.45) is -3.10. The van der Waals surface area contributed by atoms with Gasteiger partial charge in [0.25, 0.3) is 12.0 Å². The second kappa shape index (κ2) is 2.88. The van der Waals surface area contributed by atoms with Gasteiger partial charge in [-0.05, 0) is 0 Å². The Morgan fingerprint density at radius 3 is 2.58 bits per heavy atom. The van der Waals surface area contributed by atoms with Crippen molar-refractivity contribution in [3.63, 3.8) is 0 Å². The first-order valence-corrected chi connectivity index (χ1v) is 2.92. The summed E-state index contributed by atoms with van der Waals surface area (Å²) in [4.78, 5) is 12.0. The summed E-state index contributed by atoms with van der Waals surface area (Å²) in [6.45, 7) is 0. The van der Waals surface area contributed by atoms with Crippen molar-refractivity contribution in [3.8, 4) is 5.75 Å². The van der Waals surface area contributed by atoms with E-state index in [1.54, 1.807) is 4.98 Å². The smallest absolute Gasteiger partial charge is 0.282 e. The number of aromatic amines is 1. The predicted octanol–water partition coefficient (Wildman–Crippen LogP) is 1.16. The molecule has 1 heterocycles. The fraction of sp³-hybridized carbons (Fsp3) is 0.167. The van der Waals surface area contributed by atoms with Crippen LogP contribution in [0.1, 0.15) is 12.1 Å². The molecule has 0 saturated carbocycles. The van der Waals surface area contributed by atoms with Crippen LogP contribution >= 0.6 is 0 Å². The third-order valence-corrected chi connectivity index (χ3v) is 1.22. The van der Waals surface area contributed by atoms with Crippen molar-refractivity contribution in [2.24, 2.45) is 0 Å². The maximum Gasteiger partial charge on any atom is 0.282 e. The Hall–Kier alpha value is -1.46. The lowest BCUT2D eigenvalue weighted by atomic mass is 10.3. The van der Waals surface area contributed by atoms with Crippen LogP contribution in [0.4, 0.5) is 13.2 Å². The van der Waals surface area contributed by atoms with E-state index in [0.717, 1.165) is 0 Å². The van der Waals surface area contributed by atoms with Crippen LogP contribution < -0.4 is 5.56 Å². The Kier molecular flexibility index (Phi) is 2.07. The molecule has 0 spiro atoms. The van der Waals surface area contributed by atoms with Crippen molar-refractivity contribution in [2.75, 3.05) is 0 Å². The number of rotatable bonds is 1. The molecule has 3 nitrogen and oxygen atoms in total. The number of alkyl halides is 2. The molecule has 2 N–H and O–H groups in total. The van der Waals surface area contributed by atoms with Gasteiger partial charge in [-0.2, -0.15) is 0 Å². The lowest BCUT2D eigenvalue weighted by Gasteiger charge is -2.02.